The van der Waals surface area contributed by atoms with E-state index in [4.69, 9.17) is 4.42 Å². The minimum absolute atomic E-state index is 0.0262. The molecule has 108 valence electrons. The average molecular weight is 339 g/mol. The van der Waals surface area contributed by atoms with Crippen LogP contribution in [-0.4, -0.2) is 15.7 Å². The van der Waals surface area contributed by atoms with Crippen molar-refractivity contribution in [2.24, 2.45) is 0 Å². The fourth-order valence-corrected chi connectivity index (χ4v) is 2.01. The molecule has 0 saturated carbocycles. The van der Waals surface area contributed by atoms with Crippen molar-refractivity contribution in [2.75, 3.05) is 5.32 Å². The van der Waals surface area contributed by atoms with Gasteiger partial charge in [-0.25, -0.2) is 0 Å². The van der Waals surface area contributed by atoms with Crippen molar-refractivity contribution in [3.05, 3.63) is 40.2 Å². The number of halogens is 1. The van der Waals surface area contributed by atoms with Gasteiger partial charge in [0.1, 0.15) is 0 Å². The molecule has 0 bridgehead atoms. The van der Waals surface area contributed by atoms with E-state index < -0.39 is 0 Å². The number of rotatable bonds is 5. The highest BCUT2D eigenvalue weighted by molar-refractivity contribution is 9.10. The summed E-state index contributed by atoms with van der Waals surface area (Å²) in [5.74, 6) is 0.580. The van der Waals surface area contributed by atoms with Crippen molar-refractivity contribution < 1.29 is 4.42 Å². The van der Waals surface area contributed by atoms with Crippen molar-refractivity contribution in [1.29, 1.82) is 0 Å². The molecule has 0 radical (unpaired) electrons. The van der Waals surface area contributed by atoms with Gasteiger partial charge in [0.25, 0.3) is 0 Å². The van der Waals surface area contributed by atoms with Crippen LogP contribution < -0.4 is 10.6 Å². The molecule has 20 heavy (non-hydrogen) atoms. The van der Waals surface area contributed by atoms with Gasteiger partial charge in [-0.2, -0.15) is 0 Å². The Morgan fingerprint density at radius 2 is 2.00 bits per heavy atom. The summed E-state index contributed by atoms with van der Waals surface area (Å²) in [4.78, 5) is 0. The molecule has 6 heteroatoms. The van der Waals surface area contributed by atoms with Crippen LogP contribution in [-0.2, 0) is 13.1 Å². The number of benzene rings is 1. The summed E-state index contributed by atoms with van der Waals surface area (Å²) in [6.07, 6.45) is 0. The molecule has 1 aromatic carbocycles. The molecular formula is C14H19BrN4O. The first-order valence-electron chi connectivity index (χ1n) is 6.48. The minimum atomic E-state index is 0.0262. The van der Waals surface area contributed by atoms with E-state index in [0.717, 1.165) is 10.0 Å². The van der Waals surface area contributed by atoms with Crippen molar-refractivity contribution >= 4 is 21.9 Å². The molecule has 2 rings (SSSR count). The molecule has 5 nitrogen and oxygen atoms in total. The second-order valence-corrected chi connectivity index (χ2v) is 6.50. The maximum Gasteiger partial charge on any atom is 0.315 e. The third-order valence-corrected chi connectivity index (χ3v) is 3.06. The van der Waals surface area contributed by atoms with Gasteiger partial charge in [-0.1, -0.05) is 33.2 Å². The maximum atomic E-state index is 5.52. The number of aromatic nitrogens is 2. The molecule has 0 aliphatic carbocycles. The van der Waals surface area contributed by atoms with Gasteiger partial charge < -0.3 is 15.1 Å². The molecule has 1 heterocycles. The lowest BCUT2D eigenvalue weighted by molar-refractivity contribution is 0.383. The molecular weight excluding hydrogens is 320 g/mol. The monoisotopic (exact) mass is 338 g/mol. The summed E-state index contributed by atoms with van der Waals surface area (Å²) >= 11 is 3.44. The highest BCUT2D eigenvalue weighted by atomic mass is 79.9. The zero-order chi connectivity index (χ0) is 14.6. The molecule has 0 atom stereocenters. The molecule has 2 N–H and O–H groups in total. The number of nitrogens with zero attached hydrogens (tertiary/aromatic N) is 2. The van der Waals surface area contributed by atoms with E-state index in [-0.39, 0.29) is 5.54 Å². The molecule has 0 fully saturated rings. The fraction of sp³-hybridized carbons (Fsp3) is 0.429. The van der Waals surface area contributed by atoms with Crippen LogP contribution in [0.15, 0.2) is 33.2 Å². The van der Waals surface area contributed by atoms with Crippen molar-refractivity contribution in [2.45, 2.75) is 39.4 Å². The normalized spacial score (nSPS) is 11.6. The third kappa shape index (κ3) is 4.94. The van der Waals surface area contributed by atoms with Crippen molar-refractivity contribution in [3.63, 3.8) is 0 Å². The molecule has 2 aromatic rings. The van der Waals surface area contributed by atoms with E-state index in [1.165, 1.54) is 0 Å². The lowest BCUT2D eigenvalue weighted by atomic mass is 10.1. The van der Waals surface area contributed by atoms with E-state index in [1.54, 1.807) is 0 Å². The first-order valence-corrected chi connectivity index (χ1v) is 7.27. The summed E-state index contributed by atoms with van der Waals surface area (Å²) in [6, 6.07) is 8.51. The van der Waals surface area contributed by atoms with Gasteiger partial charge in [-0.05, 0) is 38.5 Å². The Kier molecular flexibility index (Phi) is 4.77. The highest BCUT2D eigenvalue weighted by Crippen LogP contribution is 2.13. The minimum Gasteiger partial charge on any atom is -0.407 e. The van der Waals surface area contributed by atoms with Gasteiger partial charge in [-0.3, -0.25) is 0 Å². The number of anilines is 1. The Hall–Kier alpha value is -1.40. The van der Waals surface area contributed by atoms with E-state index in [9.17, 15) is 0 Å². The molecule has 0 aliphatic heterocycles. The maximum absolute atomic E-state index is 5.52. The van der Waals surface area contributed by atoms with Gasteiger partial charge in [-0.15, -0.1) is 5.10 Å². The number of hydrogen-bond donors (Lipinski definition) is 2. The molecule has 0 aliphatic rings. The Morgan fingerprint density at radius 3 is 2.70 bits per heavy atom. The quantitative estimate of drug-likeness (QED) is 0.875. The van der Waals surface area contributed by atoms with Gasteiger partial charge in [0, 0.05) is 16.6 Å². The van der Waals surface area contributed by atoms with Crippen LogP contribution in [0.5, 0.6) is 0 Å². The zero-order valence-electron chi connectivity index (χ0n) is 11.9. The first kappa shape index (κ1) is 15.0. The zero-order valence-corrected chi connectivity index (χ0v) is 13.5. The van der Waals surface area contributed by atoms with E-state index in [0.29, 0.717) is 25.0 Å². The molecule has 1 aromatic heterocycles. The highest BCUT2D eigenvalue weighted by Gasteiger charge is 2.12. The van der Waals surface area contributed by atoms with Crippen molar-refractivity contribution in [1.82, 2.24) is 15.5 Å². The summed E-state index contributed by atoms with van der Waals surface area (Å²) in [6.45, 7) is 7.49. The standard InChI is InChI=1S/C14H19BrN4O/c1-14(2,3)17-9-12-18-19-13(20-12)16-8-10-5-4-6-11(15)7-10/h4-7,17H,8-9H2,1-3H3,(H,16,19). The molecule has 0 amide bonds. The second kappa shape index (κ2) is 6.37. The molecule has 0 unspecified atom stereocenters. The van der Waals surface area contributed by atoms with E-state index in [2.05, 4.69) is 57.5 Å². The summed E-state index contributed by atoms with van der Waals surface area (Å²) in [5.41, 5.74) is 1.17. The smallest absolute Gasteiger partial charge is 0.315 e. The summed E-state index contributed by atoms with van der Waals surface area (Å²) < 4.78 is 6.58. The van der Waals surface area contributed by atoms with Crippen LogP contribution in [0.1, 0.15) is 32.2 Å². The van der Waals surface area contributed by atoms with Crippen LogP contribution in [0.4, 0.5) is 6.01 Å². The van der Waals surface area contributed by atoms with Crippen LogP contribution in [0, 0.1) is 0 Å². The molecule has 0 spiro atoms. The largest absolute Gasteiger partial charge is 0.407 e. The van der Waals surface area contributed by atoms with Gasteiger partial charge in [0.15, 0.2) is 0 Å². The van der Waals surface area contributed by atoms with Crippen LogP contribution in [0.25, 0.3) is 0 Å². The fourth-order valence-electron chi connectivity index (χ4n) is 1.56. The predicted octanol–water partition coefficient (Wildman–Crippen LogP) is 3.33. The predicted molar refractivity (Wildman–Crippen MR) is 82.4 cm³/mol. The average Bonchev–Trinajstić information content (AvgIpc) is 2.81. The van der Waals surface area contributed by atoms with E-state index in [1.807, 2.05) is 24.3 Å². The topological polar surface area (TPSA) is 63.0 Å². The van der Waals surface area contributed by atoms with Crippen LogP contribution >= 0.6 is 15.9 Å². The SMILES string of the molecule is CC(C)(C)NCc1nnc(NCc2cccc(Br)c2)o1. The van der Waals surface area contributed by atoms with Gasteiger partial charge in [0.05, 0.1) is 6.54 Å². The Labute approximate surface area is 127 Å². The Bertz CT molecular complexity index is 562. The summed E-state index contributed by atoms with van der Waals surface area (Å²) in [7, 11) is 0. The second-order valence-electron chi connectivity index (χ2n) is 5.59. The Morgan fingerprint density at radius 1 is 1.20 bits per heavy atom. The number of hydrogen-bond acceptors (Lipinski definition) is 5. The van der Waals surface area contributed by atoms with Crippen LogP contribution in [0.3, 0.4) is 0 Å². The van der Waals surface area contributed by atoms with Crippen molar-refractivity contribution in [3.8, 4) is 0 Å². The lowest BCUT2D eigenvalue weighted by Gasteiger charge is -2.18. The molecule has 0 saturated heterocycles. The van der Waals surface area contributed by atoms with Crippen LogP contribution in [0.2, 0.25) is 0 Å². The summed E-state index contributed by atoms with van der Waals surface area (Å²) in [5, 5.41) is 14.4. The first-order chi connectivity index (χ1) is 9.42. The number of nitrogens with one attached hydrogen (secondary N) is 2. The van der Waals surface area contributed by atoms with Gasteiger partial charge >= 0.3 is 6.01 Å². The Balaban J connectivity index is 1.87. The van der Waals surface area contributed by atoms with E-state index >= 15 is 0 Å². The lowest BCUT2D eigenvalue weighted by Crippen LogP contribution is -2.35. The van der Waals surface area contributed by atoms with Gasteiger partial charge in [0.2, 0.25) is 5.89 Å². The third-order valence-electron chi connectivity index (χ3n) is 2.57.